The van der Waals surface area contributed by atoms with Crippen molar-refractivity contribution >= 4 is 11.7 Å². The van der Waals surface area contributed by atoms with Gasteiger partial charge in [0, 0.05) is 26.6 Å². The minimum atomic E-state index is -0.203. The van der Waals surface area contributed by atoms with E-state index in [1.807, 2.05) is 4.90 Å². The van der Waals surface area contributed by atoms with E-state index in [1.165, 1.54) is 0 Å². The van der Waals surface area contributed by atoms with Crippen LogP contribution >= 0.6 is 0 Å². The molecule has 1 aliphatic heterocycles. The van der Waals surface area contributed by atoms with E-state index in [9.17, 15) is 9.59 Å². The zero-order chi connectivity index (χ0) is 11.5. The van der Waals surface area contributed by atoms with E-state index in [-0.39, 0.29) is 11.7 Å². The number of carbonyl (C=O) groups excluding carboxylic acids is 2. The first-order chi connectivity index (χ1) is 7.74. The number of nitrogens with zero attached hydrogens (tertiary/aromatic N) is 1. The molecule has 16 heavy (non-hydrogen) atoms. The molecule has 1 saturated heterocycles. The van der Waals surface area contributed by atoms with Gasteiger partial charge in [-0.1, -0.05) is 12.2 Å². The van der Waals surface area contributed by atoms with Crippen LogP contribution < -0.4 is 10.6 Å². The molecule has 1 amide bonds. The van der Waals surface area contributed by atoms with Crippen LogP contribution in [0, 0.1) is 0 Å². The smallest absolute Gasteiger partial charge is 0.253 e. The SMILES string of the molecule is CNC(=O)C1=C(N2CCNC2)C(=O)CC=C1. The molecular formula is C11H15N3O2. The number of allylic oxidation sites excluding steroid dienone is 2. The van der Waals surface area contributed by atoms with E-state index in [0.717, 1.165) is 13.1 Å². The highest BCUT2D eigenvalue weighted by atomic mass is 16.2. The summed E-state index contributed by atoms with van der Waals surface area (Å²) in [6.45, 7) is 2.26. The number of Topliss-reactive ketones (excluding diaryl/α,β-unsaturated/α-hetero) is 1. The normalized spacial score (nSPS) is 20.6. The maximum atomic E-state index is 11.9. The van der Waals surface area contributed by atoms with Crippen LogP contribution in [-0.4, -0.2) is 43.4 Å². The number of likely N-dealkylation sites (N-methyl/N-ethyl adjacent to an activating group) is 1. The predicted molar refractivity (Wildman–Crippen MR) is 59.4 cm³/mol. The second-order valence-corrected chi connectivity index (χ2v) is 3.79. The highest BCUT2D eigenvalue weighted by Crippen LogP contribution is 2.20. The minimum absolute atomic E-state index is 0.0183. The van der Waals surface area contributed by atoms with Gasteiger partial charge in [0.05, 0.1) is 17.9 Å². The molecule has 86 valence electrons. The van der Waals surface area contributed by atoms with E-state index >= 15 is 0 Å². The molecule has 0 unspecified atom stereocenters. The van der Waals surface area contributed by atoms with Crippen molar-refractivity contribution in [3.05, 3.63) is 23.4 Å². The molecule has 0 aromatic heterocycles. The lowest BCUT2D eigenvalue weighted by Crippen LogP contribution is -2.33. The van der Waals surface area contributed by atoms with Crippen molar-refractivity contribution in [2.45, 2.75) is 6.42 Å². The zero-order valence-corrected chi connectivity index (χ0v) is 9.25. The monoisotopic (exact) mass is 221 g/mol. The molecule has 2 rings (SSSR count). The van der Waals surface area contributed by atoms with Gasteiger partial charge in [0.1, 0.15) is 0 Å². The molecule has 1 aliphatic carbocycles. The van der Waals surface area contributed by atoms with Crippen LogP contribution in [0.25, 0.3) is 0 Å². The maximum Gasteiger partial charge on any atom is 0.253 e. The van der Waals surface area contributed by atoms with Crippen molar-refractivity contribution < 1.29 is 9.59 Å². The Balaban J connectivity index is 2.37. The second kappa shape index (κ2) is 4.49. The number of hydrogen-bond acceptors (Lipinski definition) is 4. The molecule has 0 atom stereocenters. The Labute approximate surface area is 94.2 Å². The second-order valence-electron chi connectivity index (χ2n) is 3.79. The number of ketones is 1. The van der Waals surface area contributed by atoms with E-state index < -0.39 is 0 Å². The predicted octanol–water partition coefficient (Wildman–Crippen LogP) is -0.622. The van der Waals surface area contributed by atoms with Gasteiger partial charge >= 0.3 is 0 Å². The zero-order valence-electron chi connectivity index (χ0n) is 9.25. The van der Waals surface area contributed by atoms with Gasteiger partial charge in [-0.3, -0.25) is 14.9 Å². The molecule has 1 fully saturated rings. The number of rotatable bonds is 2. The summed E-state index contributed by atoms with van der Waals surface area (Å²) in [6, 6.07) is 0. The van der Waals surface area contributed by atoms with Crippen LogP contribution in [0.5, 0.6) is 0 Å². The number of hydrogen-bond donors (Lipinski definition) is 2. The summed E-state index contributed by atoms with van der Waals surface area (Å²) in [6.07, 6.45) is 3.85. The first-order valence-corrected chi connectivity index (χ1v) is 5.36. The largest absolute Gasteiger partial charge is 0.355 e. The van der Waals surface area contributed by atoms with Crippen molar-refractivity contribution in [3.63, 3.8) is 0 Å². The van der Waals surface area contributed by atoms with Gasteiger partial charge in [0.25, 0.3) is 5.91 Å². The molecule has 2 N–H and O–H groups in total. The van der Waals surface area contributed by atoms with Gasteiger partial charge in [-0.25, -0.2) is 0 Å². The Morgan fingerprint density at radius 1 is 1.56 bits per heavy atom. The van der Waals surface area contributed by atoms with Gasteiger partial charge in [-0.2, -0.15) is 0 Å². The van der Waals surface area contributed by atoms with Gasteiger partial charge in [-0.15, -0.1) is 0 Å². The Morgan fingerprint density at radius 3 is 3.00 bits per heavy atom. The van der Waals surface area contributed by atoms with Crippen molar-refractivity contribution in [1.82, 2.24) is 15.5 Å². The Morgan fingerprint density at radius 2 is 2.38 bits per heavy atom. The van der Waals surface area contributed by atoms with Crippen LogP contribution in [0.1, 0.15) is 6.42 Å². The molecule has 0 radical (unpaired) electrons. The first kappa shape index (κ1) is 10.9. The summed E-state index contributed by atoms with van der Waals surface area (Å²) in [5.74, 6) is -0.184. The van der Waals surface area contributed by atoms with Crippen molar-refractivity contribution in [2.24, 2.45) is 0 Å². The third kappa shape index (κ3) is 1.86. The summed E-state index contributed by atoms with van der Waals surface area (Å²) in [5, 5.41) is 5.71. The fourth-order valence-electron chi connectivity index (χ4n) is 1.97. The Bertz CT molecular complexity index is 379. The first-order valence-electron chi connectivity index (χ1n) is 5.36. The molecular weight excluding hydrogens is 206 g/mol. The van der Waals surface area contributed by atoms with Crippen LogP contribution in [-0.2, 0) is 9.59 Å². The van der Waals surface area contributed by atoms with E-state index in [4.69, 9.17) is 0 Å². The van der Waals surface area contributed by atoms with Gasteiger partial charge < -0.3 is 10.2 Å². The summed E-state index contributed by atoms with van der Waals surface area (Å²) in [4.78, 5) is 25.4. The molecule has 0 saturated carbocycles. The van der Waals surface area contributed by atoms with E-state index in [2.05, 4.69) is 10.6 Å². The van der Waals surface area contributed by atoms with Gasteiger partial charge in [0.2, 0.25) is 0 Å². The number of nitrogens with one attached hydrogen (secondary N) is 2. The quantitative estimate of drug-likeness (QED) is 0.652. The molecule has 0 bridgehead atoms. The Hall–Kier alpha value is -1.62. The lowest BCUT2D eigenvalue weighted by atomic mass is 10.0. The molecule has 5 heteroatoms. The summed E-state index contributed by atoms with van der Waals surface area (Å²) >= 11 is 0. The average Bonchev–Trinajstić information content (AvgIpc) is 2.81. The summed E-state index contributed by atoms with van der Waals surface area (Å²) < 4.78 is 0. The van der Waals surface area contributed by atoms with Crippen LogP contribution in [0.2, 0.25) is 0 Å². The topological polar surface area (TPSA) is 61.4 Å². The average molecular weight is 221 g/mol. The lowest BCUT2D eigenvalue weighted by Gasteiger charge is -2.23. The number of amides is 1. The van der Waals surface area contributed by atoms with Crippen molar-refractivity contribution in [1.29, 1.82) is 0 Å². The summed E-state index contributed by atoms with van der Waals surface area (Å²) in [7, 11) is 1.57. The van der Waals surface area contributed by atoms with Crippen LogP contribution in [0.15, 0.2) is 23.4 Å². The minimum Gasteiger partial charge on any atom is -0.355 e. The van der Waals surface area contributed by atoms with Crippen LogP contribution in [0.4, 0.5) is 0 Å². The molecule has 0 aromatic carbocycles. The molecule has 0 spiro atoms. The third-order valence-electron chi connectivity index (χ3n) is 2.76. The van der Waals surface area contributed by atoms with Crippen molar-refractivity contribution in [3.8, 4) is 0 Å². The Kier molecular flexibility index (Phi) is 3.05. The van der Waals surface area contributed by atoms with E-state index in [1.54, 1.807) is 19.2 Å². The maximum absolute atomic E-state index is 11.9. The van der Waals surface area contributed by atoms with Gasteiger partial charge in [0.15, 0.2) is 5.78 Å². The molecule has 5 nitrogen and oxygen atoms in total. The molecule has 2 aliphatic rings. The highest BCUT2D eigenvalue weighted by molar-refractivity contribution is 6.08. The molecule has 0 aromatic rings. The van der Waals surface area contributed by atoms with Crippen molar-refractivity contribution in [2.75, 3.05) is 26.8 Å². The fourth-order valence-corrected chi connectivity index (χ4v) is 1.97. The lowest BCUT2D eigenvalue weighted by molar-refractivity contribution is -0.119. The number of carbonyl (C=O) groups is 2. The molecule has 1 heterocycles. The highest BCUT2D eigenvalue weighted by Gasteiger charge is 2.27. The third-order valence-corrected chi connectivity index (χ3v) is 2.76. The fraction of sp³-hybridized carbons (Fsp3) is 0.455. The summed E-state index contributed by atoms with van der Waals surface area (Å²) in [5.41, 5.74) is 1.02. The van der Waals surface area contributed by atoms with Crippen LogP contribution in [0.3, 0.4) is 0 Å². The van der Waals surface area contributed by atoms with Gasteiger partial charge in [-0.05, 0) is 0 Å². The standard InChI is InChI=1S/C11H15N3O2/c1-12-11(16)8-3-2-4-9(15)10(8)14-6-5-13-7-14/h2-3,13H,4-7H2,1H3,(H,12,16). The van der Waals surface area contributed by atoms with E-state index in [0.29, 0.717) is 24.4 Å².